The smallest absolute Gasteiger partial charge is 0.266 e. The molecule has 16 heavy (non-hydrogen) atoms. The van der Waals surface area contributed by atoms with E-state index in [4.69, 9.17) is 4.74 Å². The van der Waals surface area contributed by atoms with Crippen molar-refractivity contribution in [1.29, 1.82) is 0 Å². The minimum absolute atomic E-state index is 0.109. The Morgan fingerprint density at radius 3 is 2.94 bits per heavy atom. The summed E-state index contributed by atoms with van der Waals surface area (Å²) in [6, 6.07) is 0. The van der Waals surface area contributed by atoms with Gasteiger partial charge in [0.1, 0.15) is 9.39 Å². The molecule has 0 aliphatic rings. The predicted octanol–water partition coefficient (Wildman–Crippen LogP) is 1.24. The van der Waals surface area contributed by atoms with Crippen LogP contribution in [0.3, 0.4) is 0 Å². The Balaban J connectivity index is 2.62. The first-order valence-electron chi connectivity index (χ1n) is 5.08. The first kappa shape index (κ1) is 13.4. The maximum Gasteiger partial charge on any atom is 0.266 e. The molecule has 0 amide bonds. The highest BCUT2D eigenvalue weighted by molar-refractivity contribution is 14.1. The van der Waals surface area contributed by atoms with Crippen LogP contribution in [-0.2, 0) is 4.74 Å². The molecule has 1 N–H and O–H groups in total. The normalized spacial score (nSPS) is 10.8. The van der Waals surface area contributed by atoms with Gasteiger partial charge in [0.05, 0.1) is 19.0 Å². The summed E-state index contributed by atoms with van der Waals surface area (Å²) in [6.45, 7) is 5.33. The van der Waals surface area contributed by atoms with E-state index >= 15 is 0 Å². The lowest BCUT2D eigenvalue weighted by atomic mass is 10.4. The molecule has 0 aromatic carbocycles. The highest BCUT2D eigenvalue weighted by Crippen LogP contribution is 2.12. The molecule has 6 heteroatoms. The molecule has 1 heterocycles. The Kier molecular flexibility index (Phi) is 5.20. The van der Waals surface area contributed by atoms with Gasteiger partial charge in [-0.3, -0.25) is 4.79 Å². The lowest BCUT2D eigenvalue weighted by Gasteiger charge is -2.19. The Morgan fingerprint density at radius 2 is 2.31 bits per heavy atom. The molecule has 1 aromatic heterocycles. The van der Waals surface area contributed by atoms with Gasteiger partial charge in [0.25, 0.3) is 5.56 Å². The van der Waals surface area contributed by atoms with Crippen LogP contribution >= 0.6 is 22.6 Å². The topological polar surface area (TPSA) is 58.2 Å². The van der Waals surface area contributed by atoms with Crippen LogP contribution in [0.1, 0.15) is 13.8 Å². The number of hydrogen-bond donors (Lipinski definition) is 1. The number of rotatable bonds is 5. The van der Waals surface area contributed by atoms with Crippen molar-refractivity contribution >= 4 is 28.4 Å². The zero-order chi connectivity index (χ0) is 12.1. The van der Waals surface area contributed by atoms with Crippen LogP contribution in [0.4, 0.5) is 5.82 Å². The molecule has 0 saturated heterocycles. The largest absolute Gasteiger partial charge is 0.377 e. The number of aromatic amines is 1. The summed E-state index contributed by atoms with van der Waals surface area (Å²) in [5, 5.41) is 0. The van der Waals surface area contributed by atoms with Crippen molar-refractivity contribution in [1.82, 2.24) is 9.97 Å². The Hall–Kier alpha value is -0.630. The first-order chi connectivity index (χ1) is 7.52. The summed E-state index contributed by atoms with van der Waals surface area (Å²) >= 11 is 2.00. The molecule has 0 aliphatic carbocycles. The average Bonchev–Trinajstić information content (AvgIpc) is 2.21. The number of likely N-dealkylation sites (N-methyl/N-ethyl adjacent to an activating group) is 1. The van der Waals surface area contributed by atoms with Crippen molar-refractivity contribution in [3.05, 3.63) is 20.3 Å². The number of anilines is 1. The second-order valence-corrected chi connectivity index (χ2v) is 4.79. The fourth-order valence-electron chi connectivity index (χ4n) is 1.17. The maximum atomic E-state index is 11.4. The van der Waals surface area contributed by atoms with Gasteiger partial charge in [-0.1, -0.05) is 0 Å². The van der Waals surface area contributed by atoms with E-state index in [1.165, 1.54) is 6.33 Å². The number of hydrogen-bond acceptors (Lipinski definition) is 4. The molecule has 0 fully saturated rings. The summed E-state index contributed by atoms with van der Waals surface area (Å²) in [5.74, 6) is 0.691. The van der Waals surface area contributed by atoms with E-state index in [1.54, 1.807) is 0 Å². The van der Waals surface area contributed by atoms with Crippen molar-refractivity contribution in [3.63, 3.8) is 0 Å². The van der Waals surface area contributed by atoms with Gasteiger partial charge in [0, 0.05) is 13.6 Å². The van der Waals surface area contributed by atoms with Gasteiger partial charge in [-0.05, 0) is 36.4 Å². The number of nitrogens with one attached hydrogen (secondary N) is 1. The standard InChI is InChI=1S/C10H16IN3O2/c1-7(2)16-5-4-14(3)9-8(11)10(15)13-6-12-9/h6-7H,4-5H2,1-3H3,(H,12,13,15). The predicted molar refractivity (Wildman–Crippen MR) is 71.9 cm³/mol. The molecule has 5 nitrogen and oxygen atoms in total. The monoisotopic (exact) mass is 337 g/mol. The molecular formula is C10H16IN3O2. The lowest BCUT2D eigenvalue weighted by Crippen LogP contribution is -2.28. The number of ether oxygens (including phenoxy) is 1. The van der Waals surface area contributed by atoms with Crippen molar-refractivity contribution in [2.45, 2.75) is 20.0 Å². The minimum atomic E-state index is -0.109. The highest BCUT2D eigenvalue weighted by atomic mass is 127. The molecule has 0 atom stereocenters. The molecule has 0 bridgehead atoms. The number of nitrogens with zero attached hydrogens (tertiary/aromatic N) is 2. The summed E-state index contributed by atoms with van der Waals surface area (Å²) in [4.78, 5) is 20.0. The third-order valence-electron chi connectivity index (χ3n) is 2.02. The number of aromatic nitrogens is 2. The fraction of sp³-hybridized carbons (Fsp3) is 0.600. The zero-order valence-electron chi connectivity index (χ0n) is 9.66. The minimum Gasteiger partial charge on any atom is -0.377 e. The van der Waals surface area contributed by atoms with Crippen LogP contribution in [0.2, 0.25) is 0 Å². The van der Waals surface area contributed by atoms with Gasteiger partial charge in [0.2, 0.25) is 0 Å². The van der Waals surface area contributed by atoms with Crippen molar-refractivity contribution in [2.75, 3.05) is 25.1 Å². The first-order valence-corrected chi connectivity index (χ1v) is 6.16. The van der Waals surface area contributed by atoms with Gasteiger partial charge in [-0.2, -0.15) is 0 Å². The lowest BCUT2D eigenvalue weighted by molar-refractivity contribution is 0.0845. The average molecular weight is 337 g/mol. The van der Waals surface area contributed by atoms with Gasteiger partial charge in [-0.25, -0.2) is 4.98 Å². The van der Waals surface area contributed by atoms with E-state index < -0.39 is 0 Å². The fourth-order valence-corrected chi connectivity index (χ4v) is 1.88. The number of H-pyrrole nitrogens is 1. The Morgan fingerprint density at radius 1 is 1.62 bits per heavy atom. The van der Waals surface area contributed by atoms with Crippen LogP contribution in [-0.4, -0.2) is 36.3 Å². The van der Waals surface area contributed by atoms with Gasteiger partial charge in [-0.15, -0.1) is 0 Å². The second kappa shape index (κ2) is 6.19. The molecule has 1 rings (SSSR count). The third kappa shape index (κ3) is 3.75. The third-order valence-corrected chi connectivity index (χ3v) is 2.99. The van der Waals surface area contributed by atoms with Crippen molar-refractivity contribution in [3.8, 4) is 0 Å². The van der Waals surface area contributed by atoms with E-state index in [0.29, 0.717) is 22.5 Å². The van der Waals surface area contributed by atoms with E-state index in [9.17, 15) is 4.79 Å². The SMILES string of the molecule is CC(C)OCCN(C)c1nc[nH]c(=O)c1I. The summed E-state index contributed by atoms with van der Waals surface area (Å²) in [6.07, 6.45) is 1.64. The molecule has 0 aliphatic heterocycles. The molecule has 90 valence electrons. The van der Waals surface area contributed by atoms with Crippen LogP contribution in [0.25, 0.3) is 0 Å². The molecular weight excluding hydrogens is 321 g/mol. The van der Waals surface area contributed by atoms with Gasteiger partial charge in [0.15, 0.2) is 0 Å². The van der Waals surface area contributed by atoms with Crippen LogP contribution in [0.5, 0.6) is 0 Å². The van der Waals surface area contributed by atoms with Crippen LogP contribution in [0, 0.1) is 3.57 Å². The summed E-state index contributed by atoms with van der Waals surface area (Å²) in [5.41, 5.74) is -0.109. The van der Waals surface area contributed by atoms with Crippen LogP contribution in [0.15, 0.2) is 11.1 Å². The Labute approximate surface area is 108 Å². The summed E-state index contributed by atoms with van der Waals surface area (Å²) < 4.78 is 6.05. The van der Waals surface area contributed by atoms with Gasteiger partial charge >= 0.3 is 0 Å². The maximum absolute atomic E-state index is 11.4. The van der Waals surface area contributed by atoms with E-state index in [-0.39, 0.29) is 11.7 Å². The quantitative estimate of drug-likeness (QED) is 0.822. The Bertz CT molecular complexity index is 392. The van der Waals surface area contributed by atoms with Crippen molar-refractivity contribution in [2.24, 2.45) is 0 Å². The second-order valence-electron chi connectivity index (χ2n) is 3.71. The van der Waals surface area contributed by atoms with E-state index in [1.807, 2.05) is 48.4 Å². The molecule has 0 radical (unpaired) electrons. The van der Waals surface area contributed by atoms with Crippen LogP contribution < -0.4 is 10.5 Å². The molecule has 0 saturated carbocycles. The zero-order valence-corrected chi connectivity index (χ0v) is 11.8. The molecule has 0 unspecified atom stereocenters. The molecule has 0 spiro atoms. The van der Waals surface area contributed by atoms with E-state index in [0.717, 1.165) is 0 Å². The van der Waals surface area contributed by atoms with Gasteiger partial charge < -0.3 is 14.6 Å². The van der Waals surface area contributed by atoms with E-state index in [2.05, 4.69) is 9.97 Å². The highest BCUT2D eigenvalue weighted by Gasteiger charge is 2.09. The summed E-state index contributed by atoms with van der Waals surface area (Å²) in [7, 11) is 1.90. The molecule has 1 aromatic rings. The van der Waals surface area contributed by atoms with Crippen molar-refractivity contribution < 1.29 is 4.74 Å². The number of halogens is 1.